The molecule has 8 aromatic rings. The lowest BCUT2D eigenvalue weighted by Crippen LogP contribution is -2.31. The van der Waals surface area contributed by atoms with E-state index in [4.69, 9.17) is 24.7 Å². The number of esters is 1. The number of carbonyl (C=O) groups excluding carboxylic acids is 4. The molecule has 0 fully saturated rings. The maximum Gasteiger partial charge on any atom is 0.338 e. The minimum absolute atomic E-state index is 0.135. The molecule has 8 rings (SSSR count). The maximum absolute atomic E-state index is 12.8. The van der Waals surface area contributed by atoms with E-state index in [1.807, 2.05) is 105 Å². The van der Waals surface area contributed by atoms with Gasteiger partial charge in [-0.25, -0.2) is 24.7 Å². The quantitative estimate of drug-likeness (QED) is 0.0817. The number of hydrogen-bond acceptors (Lipinski definition) is 11. The minimum atomic E-state index is -0.408. The number of amides is 3. The van der Waals surface area contributed by atoms with Crippen LogP contribution in [0, 0.1) is 0 Å². The van der Waals surface area contributed by atoms with Gasteiger partial charge < -0.3 is 30.5 Å². The second-order valence-electron chi connectivity index (χ2n) is 14.8. The lowest BCUT2D eigenvalue weighted by Gasteiger charge is -2.12. The molecule has 0 saturated carbocycles. The first kappa shape index (κ1) is 41.0. The van der Waals surface area contributed by atoms with Gasteiger partial charge in [0.05, 0.1) is 56.9 Å². The van der Waals surface area contributed by atoms with Crippen molar-refractivity contribution < 1.29 is 23.9 Å². The highest BCUT2D eigenvalue weighted by Gasteiger charge is 2.18. The molecule has 3 N–H and O–H groups in total. The standard InChI is InChI=1S/C23H23N5O2.C23H22N4O3/c1-14(29)25-18-8-4-6-16-15(18)10-11-20-21(16)27-22-17(7-5-9-19(22)26-20)23(30)24-12-13-28(2)3;1-27(2)13-12-24-22(28)17-8-5-9-18-21(17)26-20-15-6-4-7-16(23(29)30-3)14(15)10-11-19(20)25-18/h4-11H,12-13H2,1-3H3,(H,24,30)(H,25,29);4-11H,12-13H2,1-3H3,(H,24,28). The first-order valence-corrected chi connectivity index (χ1v) is 19.4. The fourth-order valence-electron chi connectivity index (χ4n) is 6.97. The molecule has 14 heteroatoms. The van der Waals surface area contributed by atoms with Gasteiger partial charge in [-0.15, -0.1) is 0 Å². The molecule has 0 spiro atoms. The molecule has 2 heterocycles. The van der Waals surface area contributed by atoms with E-state index in [9.17, 15) is 19.2 Å². The van der Waals surface area contributed by atoms with Gasteiger partial charge in [-0.05, 0) is 88.2 Å². The molecule has 0 unspecified atom stereocenters. The van der Waals surface area contributed by atoms with E-state index < -0.39 is 5.97 Å². The highest BCUT2D eigenvalue weighted by atomic mass is 16.5. The van der Waals surface area contributed by atoms with Crippen LogP contribution in [0.15, 0.2) is 97.1 Å². The Hall–Kier alpha value is -7.16. The number of nitrogens with zero attached hydrogens (tertiary/aromatic N) is 6. The molecule has 0 radical (unpaired) electrons. The van der Waals surface area contributed by atoms with Crippen molar-refractivity contribution in [2.45, 2.75) is 6.92 Å². The average molecular weight is 804 g/mol. The highest BCUT2D eigenvalue weighted by Crippen LogP contribution is 2.31. The van der Waals surface area contributed by atoms with Crippen molar-refractivity contribution in [1.82, 2.24) is 40.4 Å². The van der Waals surface area contributed by atoms with E-state index in [-0.39, 0.29) is 17.7 Å². The summed E-state index contributed by atoms with van der Waals surface area (Å²) >= 11 is 0. The van der Waals surface area contributed by atoms with Crippen LogP contribution in [-0.2, 0) is 9.53 Å². The van der Waals surface area contributed by atoms with E-state index in [1.54, 1.807) is 30.3 Å². The molecule has 0 aliphatic rings. The molecule has 60 heavy (non-hydrogen) atoms. The number of carbonyl (C=O) groups is 4. The zero-order valence-electron chi connectivity index (χ0n) is 34.3. The topological polar surface area (TPSA) is 172 Å². The summed E-state index contributed by atoms with van der Waals surface area (Å²) < 4.78 is 4.90. The average Bonchev–Trinajstić information content (AvgIpc) is 3.23. The van der Waals surface area contributed by atoms with Crippen LogP contribution in [0.2, 0.25) is 0 Å². The fourth-order valence-corrected chi connectivity index (χ4v) is 6.97. The molecule has 14 nitrogen and oxygen atoms in total. The normalized spacial score (nSPS) is 11.3. The van der Waals surface area contributed by atoms with Crippen molar-refractivity contribution in [3.05, 3.63) is 114 Å². The van der Waals surface area contributed by atoms with Crippen molar-refractivity contribution in [1.29, 1.82) is 0 Å². The molecule has 0 aliphatic carbocycles. The van der Waals surface area contributed by atoms with Crippen molar-refractivity contribution in [3.8, 4) is 0 Å². The van der Waals surface area contributed by atoms with E-state index in [0.29, 0.717) is 68.4 Å². The van der Waals surface area contributed by atoms with E-state index in [2.05, 4.69) is 16.0 Å². The van der Waals surface area contributed by atoms with Gasteiger partial charge in [0.1, 0.15) is 11.0 Å². The summed E-state index contributed by atoms with van der Waals surface area (Å²) in [5.41, 5.74) is 7.33. The molecule has 0 aliphatic heterocycles. The van der Waals surface area contributed by atoms with E-state index in [1.165, 1.54) is 14.0 Å². The van der Waals surface area contributed by atoms with Crippen LogP contribution >= 0.6 is 0 Å². The minimum Gasteiger partial charge on any atom is -0.465 e. The Labute approximate surface area is 346 Å². The summed E-state index contributed by atoms with van der Waals surface area (Å²) in [6, 6.07) is 29.4. The summed E-state index contributed by atoms with van der Waals surface area (Å²) in [5, 5.41) is 12.0. The third kappa shape index (κ3) is 8.65. The summed E-state index contributed by atoms with van der Waals surface area (Å²) in [7, 11) is 9.19. The number of likely N-dealkylation sites (N-methyl/N-ethyl adjacent to an activating group) is 2. The second-order valence-corrected chi connectivity index (χ2v) is 14.8. The zero-order chi connectivity index (χ0) is 42.5. The highest BCUT2D eigenvalue weighted by molar-refractivity contribution is 6.15. The van der Waals surface area contributed by atoms with Crippen LogP contribution in [0.3, 0.4) is 0 Å². The Balaban J connectivity index is 0.000000181. The number of ether oxygens (including phenoxy) is 1. The number of anilines is 1. The number of rotatable bonds is 10. The molecule has 304 valence electrons. The Bertz CT molecular complexity index is 2970. The van der Waals surface area contributed by atoms with Crippen LogP contribution in [0.25, 0.3) is 65.7 Å². The monoisotopic (exact) mass is 803 g/mol. The number of aromatic nitrogens is 4. The molecule has 0 atom stereocenters. The fraction of sp³-hybridized carbons (Fsp3) is 0.217. The number of nitrogens with one attached hydrogen (secondary N) is 3. The van der Waals surface area contributed by atoms with Crippen LogP contribution in [-0.4, -0.2) is 115 Å². The molecular formula is C46H45N9O5. The first-order chi connectivity index (χ1) is 28.9. The largest absolute Gasteiger partial charge is 0.465 e. The van der Waals surface area contributed by atoms with Gasteiger partial charge in [0.2, 0.25) is 5.91 Å². The third-order valence-electron chi connectivity index (χ3n) is 9.88. The predicted octanol–water partition coefficient (Wildman–Crippen LogP) is 6.20. The van der Waals surface area contributed by atoms with Crippen molar-refractivity contribution in [3.63, 3.8) is 0 Å². The predicted molar refractivity (Wildman–Crippen MR) is 237 cm³/mol. The van der Waals surface area contributed by atoms with Crippen molar-refractivity contribution >= 4 is 95.1 Å². The molecular weight excluding hydrogens is 759 g/mol. The van der Waals surface area contributed by atoms with E-state index >= 15 is 0 Å². The number of methoxy groups -OCH3 is 1. The Morgan fingerprint density at radius 3 is 1.47 bits per heavy atom. The van der Waals surface area contributed by atoms with E-state index in [0.717, 1.165) is 45.8 Å². The summed E-state index contributed by atoms with van der Waals surface area (Å²) in [5.74, 6) is -0.902. The Morgan fingerprint density at radius 2 is 0.967 bits per heavy atom. The SMILES string of the molecule is CC(=O)Nc1cccc2c1ccc1nc3cccc(C(=O)NCCN(C)C)c3nc12.COC(=O)c1cccc2c1ccc1nc3cccc(C(=O)NCCN(C)C)c3nc12. The first-order valence-electron chi connectivity index (χ1n) is 19.4. The number of para-hydroxylation sites is 2. The third-order valence-corrected chi connectivity index (χ3v) is 9.88. The number of hydrogen-bond donors (Lipinski definition) is 3. The smallest absolute Gasteiger partial charge is 0.338 e. The molecule has 0 bridgehead atoms. The second kappa shape index (κ2) is 17.8. The lowest BCUT2D eigenvalue weighted by molar-refractivity contribution is -0.114. The van der Waals surface area contributed by atoms with Crippen LogP contribution in [0.5, 0.6) is 0 Å². The summed E-state index contributed by atoms with van der Waals surface area (Å²) in [4.78, 5) is 72.3. The van der Waals surface area contributed by atoms with Gasteiger partial charge in [-0.1, -0.05) is 42.5 Å². The summed E-state index contributed by atoms with van der Waals surface area (Å²) in [6.07, 6.45) is 0. The van der Waals surface area contributed by atoms with Crippen LogP contribution in [0.1, 0.15) is 38.0 Å². The summed E-state index contributed by atoms with van der Waals surface area (Å²) in [6.45, 7) is 4.06. The van der Waals surface area contributed by atoms with Crippen LogP contribution < -0.4 is 16.0 Å². The Morgan fingerprint density at radius 1 is 0.517 bits per heavy atom. The lowest BCUT2D eigenvalue weighted by atomic mass is 10.0. The van der Waals surface area contributed by atoms with Crippen LogP contribution in [0.4, 0.5) is 5.69 Å². The van der Waals surface area contributed by atoms with Gasteiger partial charge in [0.15, 0.2) is 0 Å². The molecule has 2 aromatic heterocycles. The molecule has 6 aromatic carbocycles. The molecule has 0 saturated heterocycles. The van der Waals surface area contributed by atoms with Gasteiger partial charge in [-0.2, -0.15) is 0 Å². The van der Waals surface area contributed by atoms with Crippen molar-refractivity contribution in [2.75, 3.05) is 66.8 Å². The zero-order valence-corrected chi connectivity index (χ0v) is 34.3. The van der Waals surface area contributed by atoms with Gasteiger partial charge in [0, 0.05) is 54.9 Å². The maximum atomic E-state index is 12.8. The van der Waals surface area contributed by atoms with Gasteiger partial charge in [0.25, 0.3) is 11.8 Å². The van der Waals surface area contributed by atoms with Crippen molar-refractivity contribution in [2.24, 2.45) is 0 Å². The van der Waals surface area contributed by atoms with Gasteiger partial charge in [-0.3, -0.25) is 14.4 Å². The number of fused-ring (bicyclic) bond motifs is 8. The molecule has 3 amide bonds. The number of benzene rings is 6. The van der Waals surface area contributed by atoms with Gasteiger partial charge >= 0.3 is 5.97 Å². The Kier molecular flexibility index (Phi) is 12.1.